The van der Waals surface area contributed by atoms with Gasteiger partial charge in [-0.25, -0.2) is 14.2 Å². The average Bonchev–Trinajstić information content (AvgIpc) is 3.22. The quantitative estimate of drug-likeness (QED) is 0.692. The summed E-state index contributed by atoms with van der Waals surface area (Å²) in [5, 5.41) is 12.6. The van der Waals surface area contributed by atoms with Gasteiger partial charge in [-0.2, -0.15) is 5.10 Å². The maximum absolute atomic E-state index is 5.96. The maximum atomic E-state index is 5.96. The van der Waals surface area contributed by atoms with Gasteiger partial charge in [-0.05, 0) is 12.5 Å². The minimum atomic E-state index is 0.238. The first-order valence-electron chi connectivity index (χ1n) is 7.89. The van der Waals surface area contributed by atoms with Gasteiger partial charge in [0, 0.05) is 37.6 Å². The first-order chi connectivity index (χ1) is 11.4. The molecule has 0 unspecified atom stereocenters. The lowest BCUT2D eigenvalue weighted by Crippen LogP contribution is -2.47. The summed E-state index contributed by atoms with van der Waals surface area (Å²) in [6, 6.07) is 2.13. The summed E-state index contributed by atoms with van der Waals surface area (Å²) >= 11 is 0. The molecule has 2 aliphatic rings. The Hall–Kier alpha value is -2.32. The largest absolute Gasteiger partial charge is 0.370 e. The van der Waals surface area contributed by atoms with E-state index in [0.717, 1.165) is 43.0 Å². The zero-order valence-corrected chi connectivity index (χ0v) is 12.6. The topological polar surface area (TPSA) is 73.4 Å². The zero-order chi connectivity index (χ0) is 15.2. The number of likely N-dealkylation sites (tertiary alicyclic amines) is 1. The lowest BCUT2D eigenvalue weighted by molar-refractivity contribution is -0.0669. The van der Waals surface area contributed by atoms with E-state index < -0.39 is 0 Å². The number of hydrogen-bond acceptors (Lipinski definition) is 6. The fraction of sp³-hybridized carbons (Fsp3) is 0.467. The molecule has 0 amide bonds. The van der Waals surface area contributed by atoms with Crippen molar-refractivity contribution in [2.45, 2.75) is 31.7 Å². The van der Waals surface area contributed by atoms with Gasteiger partial charge in [0.2, 0.25) is 0 Å². The highest BCUT2D eigenvalue weighted by molar-refractivity contribution is 5.45. The Labute approximate surface area is 132 Å². The third kappa shape index (κ3) is 2.13. The van der Waals surface area contributed by atoms with Gasteiger partial charge >= 0.3 is 0 Å². The molecule has 3 aromatic heterocycles. The second-order valence-electron chi connectivity index (χ2n) is 6.17. The summed E-state index contributed by atoms with van der Waals surface area (Å²) in [4.78, 5) is 6.86. The Morgan fingerprint density at radius 1 is 1.30 bits per heavy atom. The van der Waals surface area contributed by atoms with E-state index in [2.05, 4.69) is 25.3 Å². The van der Waals surface area contributed by atoms with Gasteiger partial charge in [-0.3, -0.25) is 4.90 Å². The van der Waals surface area contributed by atoms with Crippen LogP contribution in [0.25, 0.3) is 5.65 Å². The molecule has 2 atom stereocenters. The summed E-state index contributed by atoms with van der Waals surface area (Å²) in [6.45, 7) is 3.38. The third-order valence-corrected chi connectivity index (χ3v) is 4.76. The molecule has 118 valence electrons. The van der Waals surface area contributed by atoms with Gasteiger partial charge in [0.15, 0.2) is 5.65 Å². The van der Waals surface area contributed by atoms with Crippen LogP contribution in [0.15, 0.2) is 30.9 Å². The van der Waals surface area contributed by atoms with Crippen molar-refractivity contribution in [1.82, 2.24) is 34.5 Å². The predicted octanol–water partition coefficient (Wildman–Crippen LogP) is 0.667. The third-order valence-electron chi connectivity index (χ3n) is 4.76. The van der Waals surface area contributed by atoms with Crippen LogP contribution in [0.4, 0.5) is 0 Å². The van der Waals surface area contributed by atoms with Crippen LogP contribution in [0.3, 0.4) is 0 Å². The standard InChI is InChI=1S/C15H17N7O/c1-3-16-15-11(6-18-21(15)4-1)8-20-5-2-14-13(9-20)22-12(10-23-14)7-17-19-22/h1,3-4,6-7,13-14H,2,5,8-10H2/t13-,14-/m0/s1. The smallest absolute Gasteiger partial charge is 0.159 e. The maximum Gasteiger partial charge on any atom is 0.159 e. The Balaban J connectivity index is 1.39. The second kappa shape index (κ2) is 5.10. The second-order valence-corrected chi connectivity index (χ2v) is 6.17. The predicted molar refractivity (Wildman–Crippen MR) is 80.5 cm³/mol. The normalized spacial score (nSPS) is 24.5. The van der Waals surface area contributed by atoms with Crippen molar-refractivity contribution in [3.05, 3.63) is 42.1 Å². The van der Waals surface area contributed by atoms with Crippen LogP contribution < -0.4 is 0 Å². The van der Waals surface area contributed by atoms with E-state index in [1.165, 1.54) is 0 Å². The molecule has 1 saturated heterocycles. The van der Waals surface area contributed by atoms with Crippen molar-refractivity contribution < 1.29 is 4.74 Å². The van der Waals surface area contributed by atoms with Crippen molar-refractivity contribution >= 4 is 5.65 Å². The van der Waals surface area contributed by atoms with Crippen LogP contribution in [0.2, 0.25) is 0 Å². The number of hydrogen-bond donors (Lipinski definition) is 0. The van der Waals surface area contributed by atoms with Gasteiger partial charge < -0.3 is 4.74 Å². The van der Waals surface area contributed by atoms with Gasteiger partial charge in [-0.1, -0.05) is 5.21 Å². The van der Waals surface area contributed by atoms with E-state index in [1.807, 2.05) is 33.9 Å². The van der Waals surface area contributed by atoms with Crippen molar-refractivity contribution in [3.8, 4) is 0 Å². The SMILES string of the molecule is c1cnc2c(CN3CC[C@@H]4OCc5cnnn5[C@H]4C3)cnn2c1. The van der Waals surface area contributed by atoms with Crippen LogP contribution in [0.5, 0.6) is 0 Å². The molecule has 0 N–H and O–H groups in total. The molecule has 1 fully saturated rings. The summed E-state index contributed by atoms with van der Waals surface area (Å²) in [6.07, 6.45) is 8.69. The van der Waals surface area contributed by atoms with E-state index in [1.54, 1.807) is 6.20 Å². The van der Waals surface area contributed by atoms with Crippen LogP contribution in [0.1, 0.15) is 23.7 Å². The molecule has 0 saturated carbocycles. The summed E-state index contributed by atoms with van der Waals surface area (Å²) in [7, 11) is 0. The Kier molecular flexibility index (Phi) is 2.92. The molecule has 5 heterocycles. The number of aromatic nitrogens is 6. The average molecular weight is 311 g/mol. The molecular formula is C15H17N7O. The molecule has 0 spiro atoms. The van der Waals surface area contributed by atoms with Crippen molar-refractivity contribution in [2.75, 3.05) is 13.1 Å². The van der Waals surface area contributed by atoms with Crippen LogP contribution in [-0.4, -0.2) is 53.7 Å². The summed E-state index contributed by atoms with van der Waals surface area (Å²) in [5.74, 6) is 0. The molecule has 2 aliphatic heterocycles. The minimum Gasteiger partial charge on any atom is -0.370 e. The summed E-state index contributed by atoms with van der Waals surface area (Å²) < 4.78 is 9.82. The van der Waals surface area contributed by atoms with Gasteiger partial charge in [0.25, 0.3) is 0 Å². The Morgan fingerprint density at radius 2 is 2.30 bits per heavy atom. The Morgan fingerprint density at radius 3 is 3.30 bits per heavy atom. The molecule has 8 heteroatoms. The number of nitrogens with zero attached hydrogens (tertiary/aromatic N) is 7. The molecule has 8 nitrogen and oxygen atoms in total. The highest BCUT2D eigenvalue weighted by Crippen LogP contribution is 2.30. The molecule has 5 rings (SSSR count). The van der Waals surface area contributed by atoms with Gasteiger partial charge in [0.05, 0.1) is 36.8 Å². The molecule has 23 heavy (non-hydrogen) atoms. The Bertz CT molecular complexity index is 841. The number of rotatable bonds is 2. The lowest BCUT2D eigenvalue weighted by Gasteiger charge is -2.40. The first-order valence-corrected chi connectivity index (χ1v) is 7.89. The van der Waals surface area contributed by atoms with Crippen molar-refractivity contribution in [2.24, 2.45) is 0 Å². The van der Waals surface area contributed by atoms with E-state index in [9.17, 15) is 0 Å². The number of fused-ring (bicyclic) bond motifs is 4. The van der Waals surface area contributed by atoms with E-state index >= 15 is 0 Å². The number of ether oxygens (including phenoxy) is 1. The van der Waals surface area contributed by atoms with E-state index in [-0.39, 0.29) is 12.1 Å². The molecule has 0 aromatic carbocycles. The molecule has 0 radical (unpaired) electrons. The number of piperidine rings is 1. The minimum absolute atomic E-state index is 0.238. The van der Waals surface area contributed by atoms with Gasteiger partial charge in [-0.15, -0.1) is 5.10 Å². The molecular weight excluding hydrogens is 294 g/mol. The van der Waals surface area contributed by atoms with Crippen molar-refractivity contribution in [1.29, 1.82) is 0 Å². The van der Waals surface area contributed by atoms with E-state index in [4.69, 9.17) is 4.74 Å². The lowest BCUT2D eigenvalue weighted by atomic mass is 10.00. The molecule has 0 bridgehead atoms. The monoisotopic (exact) mass is 311 g/mol. The molecule has 3 aromatic rings. The molecule has 0 aliphatic carbocycles. The fourth-order valence-electron chi connectivity index (χ4n) is 3.62. The van der Waals surface area contributed by atoms with Crippen LogP contribution in [0, 0.1) is 0 Å². The fourth-order valence-corrected chi connectivity index (χ4v) is 3.62. The highest BCUT2D eigenvalue weighted by atomic mass is 16.5. The van der Waals surface area contributed by atoms with E-state index in [0.29, 0.717) is 6.61 Å². The zero-order valence-electron chi connectivity index (χ0n) is 12.6. The summed E-state index contributed by atoms with van der Waals surface area (Å²) in [5.41, 5.74) is 3.14. The van der Waals surface area contributed by atoms with Gasteiger partial charge in [0.1, 0.15) is 0 Å². The van der Waals surface area contributed by atoms with Crippen molar-refractivity contribution in [3.63, 3.8) is 0 Å². The first kappa shape index (κ1) is 13.1. The van der Waals surface area contributed by atoms with Crippen LogP contribution >= 0.6 is 0 Å². The highest BCUT2D eigenvalue weighted by Gasteiger charge is 2.36. The van der Waals surface area contributed by atoms with Crippen LogP contribution in [-0.2, 0) is 17.9 Å².